The normalized spacial score (nSPS) is 13.7. The number of nitrogens with one attached hydrogen (secondary N) is 2. The molecule has 248 valence electrons. The SMILES string of the molecule is CNC(=O)c1c(-c2c#cc(F)cc2)oc2cc(N(C)S(C)(=O)=O)c(-c3ccc4c(n3)-c3cc5c(F)cccc5n3C(CC(=O)OC)N4)cc12. The molecule has 1 atom stereocenters. The van der Waals surface area contributed by atoms with E-state index in [2.05, 4.69) is 22.8 Å². The van der Waals surface area contributed by atoms with Gasteiger partial charge in [-0.15, -0.1) is 0 Å². The van der Waals surface area contributed by atoms with Gasteiger partial charge in [-0.1, -0.05) is 12.1 Å². The van der Waals surface area contributed by atoms with Crippen LogP contribution < -0.4 is 14.9 Å². The molecule has 0 radical (unpaired) electrons. The number of pyridine rings is 1. The second kappa shape index (κ2) is 11.6. The zero-order chi connectivity index (χ0) is 34.8. The van der Waals surface area contributed by atoms with Crippen LogP contribution in [-0.2, 0) is 19.6 Å². The molecule has 7 rings (SSSR count). The summed E-state index contributed by atoms with van der Waals surface area (Å²) in [5.74, 6) is -2.00. The third-order valence-corrected chi connectivity index (χ3v) is 9.71. The number of aromatic nitrogens is 2. The number of hydrogen-bond donors (Lipinski definition) is 2. The molecule has 1 unspecified atom stereocenters. The van der Waals surface area contributed by atoms with Gasteiger partial charge in [0.05, 0.1) is 59.2 Å². The van der Waals surface area contributed by atoms with E-state index in [1.807, 2.05) is 0 Å². The Bertz CT molecular complexity index is 2440. The molecule has 0 spiro atoms. The van der Waals surface area contributed by atoms with Crippen LogP contribution in [0.1, 0.15) is 22.9 Å². The van der Waals surface area contributed by atoms with E-state index in [-0.39, 0.29) is 34.6 Å². The molecule has 0 saturated heterocycles. The molecule has 1 aliphatic heterocycles. The monoisotopic (exact) mass is 683 g/mol. The first-order chi connectivity index (χ1) is 23.4. The average molecular weight is 684 g/mol. The summed E-state index contributed by atoms with van der Waals surface area (Å²) >= 11 is 0. The van der Waals surface area contributed by atoms with Crippen molar-refractivity contribution in [3.8, 4) is 34.0 Å². The summed E-state index contributed by atoms with van der Waals surface area (Å²) in [6, 6.07) is 20.4. The van der Waals surface area contributed by atoms with Gasteiger partial charge < -0.3 is 24.4 Å². The second-order valence-electron chi connectivity index (χ2n) is 11.4. The number of ether oxygens (including phenoxy) is 1. The lowest BCUT2D eigenvalue weighted by molar-refractivity contribution is -0.141. The van der Waals surface area contributed by atoms with E-state index >= 15 is 4.39 Å². The van der Waals surface area contributed by atoms with Crippen molar-refractivity contribution in [2.45, 2.75) is 12.6 Å². The number of amides is 1. The maximum Gasteiger partial charge on any atom is 0.309 e. The van der Waals surface area contributed by atoms with E-state index in [0.29, 0.717) is 44.6 Å². The van der Waals surface area contributed by atoms with Crippen LogP contribution in [-0.4, -0.2) is 57.3 Å². The Morgan fingerprint density at radius 2 is 1.90 bits per heavy atom. The Morgan fingerprint density at radius 3 is 2.59 bits per heavy atom. The first-order valence-electron chi connectivity index (χ1n) is 14.9. The molecule has 49 heavy (non-hydrogen) atoms. The van der Waals surface area contributed by atoms with Crippen LogP contribution in [0.4, 0.5) is 20.2 Å². The molecule has 0 bridgehead atoms. The Labute approximate surface area is 279 Å². The lowest BCUT2D eigenvalue weighted by Gasteiger charge is -2.30. The lowest BCUT2D eigenvalue weighted by atomic mass is 10.0. The van der Waals surface area contributed by atoms with E-state index in [1.165, 1.54) is 39.4 Å². The summed E-state index contributed by atoms with van der Waals surface area (Å²) in [6.45, 7) is 0. The molecule has 2 N–H and O–H groups in total. The highest BCUT2D eigenvalue weighted by Gasteiger charge is 2.31. The Balaban J connectivity index is 1.48. The number of rotatable bonds is 7. The first-order valence-corrected chi connectivity index (χ1v) is 16.8. The number of furan rings is 1. The number of anilines is 2. The third kappa shape index (κ3) is 5.28. The average Bonchev–Trinajstić information content (AvgIpc) is 3.67. The summed E-state index contributed by atoms with van der Waals surface area (Å²) in [5.41, 5.74) is 3.42. The Kier molecular flexibility index (Phi) is 7.52. The summed E-state index contributed by atoms with van der Waals surface area (Å²) < 4.78 is 68.4. The number of nitrogens with zero attached hydrogens (tertiary/aromatic N) is 3. The molecule has 0 fully saturated rings. The van der Waals surface area contributed by atoms with Gasteiger partial charge in [-0.3, -0.25) is 13.9 Å². The number of benzene rings is 2. The molecule has 11 nitrogen and oxygen atoms in total. The summed E-state index contributed by atoms with van der Waals surface area (Å²) in [7, 11) is 0.303. The van der Waals surface area contributed by atoms with Gasteiger partial charge >= 0.3 is 5.97 Å². The molecule has 0 saturated carbocycles. The van der Waals surface area contributed by atoms with Crippen molar-refractivity contribution < 1.29 is 35.9 Å². The molecule has 6 aromatic rings. The fourth-order valence-corrected chi connectivity index (χ4v) is 6.61. The Hall–Kier alpha value is -5.94. The summed E-state index contributed by atoms with van der Waals surface area (Å²) in [6.07, 6.45) is 0.372. The van der Waals surface area contributed by atoms with Crippen molar-refractivity contribution in [3.63, 3.8) is 0 Å². The molecule has 1 amide bonds. The number of hydrogen-bond acceptors (Lipinski definition) is 8. The van der Waals surface area contributed by atoms with Crippen molar-refractivity contribution in [3.05, 3.63) is 90.0 Å². The van der Waals surface area contributed by atoms with Crippen LogP contribution in [0, 0.1) is 23.8 Å². The number of sulfonamides is 1. The van der Waals surface area contributed by atoms with Gasteiger partial charge in [0.15, 0.2) is 11.6 Å². The van der Waals surface area contributed by atoms with Gasteiger partial charge in [0.1, 0.15) is 23.3 Å². The van der Waals surface area contributed by atoms with Gasteiger partial charge in [-0.05, 0) is 54.6 Å². The van der Waals surface area contributed by atoms with E-state index < -0.39 is 39.7 Å². The largest absolute Gasteiger partial charge is 0.469 e. The predicted molar refractivity (Wildman–Crippen MR) is 179 cm³/mol. The van der Waals surface area contributed by atoms with Crippen LogP contribution in [0.2, 0.25) is 0 Å². The molecule has 3 aromatic carbocycles. The van der Waals surface area contributed by atoms with Gasteiger partial charge in [-0.25, -0.2) is 17.8 Å². The lowest BCUT2D eigenvalue weighted by Crippen LogP contribution is -2.27. The fourth-order valence-electron chi connectivity index (χ4n) is 6.10. The maximum atomic E-state index is 15.1. The van der Waals surface area contributed by atoms with Crippen LogP contribution >= 0.6 is 0 Å². The maximum absolute atomic E-state index is 15.1. The number of fused-ring (bicyclic) bond motifs is 6. The zero-order valence-corrected chi connectivity index (χ0v) is 27.3. The van der Waals surface area contributed by atoms with Crippen molar-refractivity contribution in [2.24, 2.45) is 0 Å². The second-order valence-corrected chi connectivity index (χ2v) is 13.4. The molecule has 1 aliphatic rings. The zero-order valence-electron chi connectivity index (χ0n) is 26.5. The van der Waals surface area contributed by atoms with Crippen molar-refractivity contribution in [2.75, 3.05) is 37.1 Å². The highest BCUT2D eigenvalue weighted by Crippen LogP contribution is 2.45. The van der Waals surface area contributed by atoms with Crippen LogP contribution in [0.15, 0.2) is 65.1 Å². The number of methoxy groups -OCH3 is 1. The molecule has 14 heteroatoms. The van der Waals surface area contributed by atoms with Crippen LogP contribution in [0.25, 0.3) is 55.8 Å². The summed E-state index contributed by atoms with van der Waals surface area (Å²) in [4.78, 5) is 30.6. The first kappa shape index (κ1) is 31.6. The quantitative estimate of drug-likeness (QED) is 0.199. The van der Waals surface area contributed by atoms with Crippen molar-refractivity contribution in [1.82, 2.24) is 14.9 Å². The highest BCUT2D eigenvalue weighted by molar-refractivity contribution is 7.92. The van der Waals surface area contributed by atoms with Crippen molar-refractivity contribution >= 4 is 55.1 Å². The van der Waals surface area contributed by atoms with E-state index in [0.717, 1.165) is 16.6 Å². The molecule has 4 heterocycles. The minimum atomic E-state index is -3.82. The van der Waals surface area contributed by atoms with E-state index in [4.69, 9.17) is 14.1 Å². The van der Waals surface area contributed by atoms with Gasteiger partial charge in [0.2, 0.25) is 10.0 Å². The van der Waals surface area contributed by atoms with Crippen LogP contribution in [0.5, 0.6) is 0 Å². The van der Waals surface area contributed by atoms with Gasteiger partial charge in [0.25, 0.3) is 5.91 Å². The van der Waals surface area contributed by atoms with E-state index in [9.17, 15) is 22.4 Å². The standard InChI is InChI=1S/C35H27F2N5O6S/c1-38-35(44)32-22-14-21(27(41(2)49(4,45)46)16-29(22)48-34(32)18-8-10-19(36)11-9-18)24-12-13-25-33(40-24)28-15-20-23(37)6-5-7-26(20)42(28)30(39-25)17-31(43)47-3/h5-8,10,12-16,30,39H,17H2,1-4H3,(H,38,44). The minimum absolute atomic E-state index is 0.0563. The van der Waals surface area contributed by atoms with Crippen molar-refractivity contribution in [1.29, 1.82) is 0 Å². The Morgan fingerprint density at radius 1 is 1.10 bits per heavy atom. The van der Waals surface area contributed by atoms with Gasteiger partial charge in [0, 0.05) is 36.5 Å². The number of carbonyl (C=O) groups excluding carboxylic acids is 2. The third-order valence-electron chi connectivity index (χ3n) is 8.52. The predicted octanol–water partition coefficient (Wildman–Crippen LogP) is 5.90. The molecular weight excluding hydrogens is 656 g/mol. The molecular formula is C35H27F2N5O6S. The van der Waals surface area contributed by atoms with Gasteiger partial charge in [-0.2, -0.15) is 4.39 Å². The number of esters is 1. The topological polar surface area (TPSA) is 136 Å². The smallest absolute Gasteiger partial charge is 0.309 e. The summed E-state index contributed by atoms with van der Waals surface area (Å²) in [5, 5.41) is 6.57. The number of halogens is 2. The van der Waals surface area contributed by atoms with E-state index in [1.54, 1.807) is 41.0 Å². The number of carbonyl (C=O) groups is 2. The molecule has 0 aliphatic carbocycles. The fraction of sp³-hybridized carbons (Fsp3) is 0.171. The minimum Gasteiger partial charge on any atom is -0.469 e. The van der Waals surface area contributed by atoms with Crippen LogP contribution in [0.3, 0.4) is 0 Å². The highest BCUT2D eigenvalue weighted by atomic mass is 32.2. The molecule has 3 aromatic heterocycles.